The van der Waals surface area contributed by atoms with Gasteiger partial charge in [-0.3, -0.25) is 0 Å². The average Bonchev–Trinajstić information content (AvgIpc) is 2.27. The molecule has 108 valence electrons. The lowest BCUT2D eigenvalue weighted by Crippen LogP contribution is -2.12. The first-order valence-corrected chi connectivity index (χ1v) is 7.19. The van der Waals surface area contributed by atoms with Crippen LogP contribution in [0.1, 0.15) is 53.4 Å². The van der Waals surface area contributed by atoms with Crippen molar-refractivity contribution in [3.05, 3.63) is 34.9 Å². The molecule has 0 saturated heterocycles. The number of thiocarbonyl (C=S) groups is 1. The minimum atomic E-state index is 0.110. The fourth-order valence-corrected chi connectivity index (χ4v) is 1.67. The first-order chi connectivity index (χ1) is 8.91. The van der Waals surface area contributed by atoms with Gasteiger partial charge in [0, 0.05) is 0 Å². The smallest absolute Gasteiger partial charge is 0.254 e. The summed E-state index contributed by atoms with van der Waals surface area (Å²) in [5.41, 5.74) is 9.42. The summed E-state index contributed by atoms with van der Waals surface area (Å²) < 4.78 is 5.03. The van der Waals surface area contributed by atoms with Crippen LogP contribution in [0.15, 0.2) is 34.9 Å². The van der Waals surface area contributed by atoms with Crippen LogP contribution in [0.5, 0.6) is 0 Å². The fraction of sp³-hybridized carbons (Fsp3) is 0.562. The van der Waals surface area contributed by atoms with E-state index < -0.39 is 0 Å². The molecule has 0 aromatic carbocycles. The van der Waals surface area contributed by atoms with Crippen LogP contribution in [0.3, 0.4) is 0 Å². The van der Waals surface area contributed by atoms with E-state index in [1.165, 1.54) is 16.7 Å². The van der Waals surface area contributed by atoms with Crippen LogP contribution in [-0.2, 0) is 4.74 Å². The SMILES string of the molecule is CC(C)=CCCC(C)=CCCC(C)=CCOC(N)=S. The van der Waals surface area contributed by atoms with Gasteiger partial charge in [-0.15, -0.1) is 0 Å². The molecule has 0 rings (SSSR count). The molecule has 0 amide bonds. The molecular weight excluding hydrogens is 254 g/mol. The summed E-state index contributed by atoms with van der Waals surface area (Å²) in [5, 5.41) is 0.110. The Hall–Kier alpha value is -1.09. The average molecular weight is 281 g/mol. The molecule has 0 aliphatic rings. The van der Waals surface area contributed by atoms with E-state index >= 15 is 0 Å². The Morgan fingerprint density at radius 2 is 1.47 bits per heavy atom. The molecule has 0 saturated carbocycles. The zero-order valence-corrected chi connectivity index (χ0v) is 13.5. The normalized spacial score (nSPS) is 12.2. The summed E-state index contributed by atoms with van der Waals surface area (Å²) in [6, 6.07) is 0. The highest BCUT2D eigenvalue weighted by molar-refractivity contribution is 7.80. The molecule has 0 spiro atoms. The van der Waals surface area contributed by atoms with Crippen LogP contribution >= 0.6 is 12.2 Å². The highest BCUT2D eigenvalue weighted by Gasteiger charge is 1.92. The summed E-state index contributed by atoms with van der Waals surface area (Å²) in [6.45, 7) is 9.07. The van der Waals surface area contributed by atoms with Crippen LogP contribution in [0, 0.1) is 0 Å². The minimum Gasteiger partial charge on any atom is -0.467 e. The molecular formula is C16H27NOS. The molecule has 0 unspecified atom stereocenters. The summed E-state index contributed by atoms with van der Waals surface area (Å²) in [6.07, 6.45) is 11.1. The Bertz CT molecular complexity index is 363. The zero-order chi connectivity index (χ0) is 14.7. The molecule has 2 N–H and O–H groups in total. The largest absolute Gasteiger partial charge is 0.467 e. The van der Waals surface area contributed by atoms with E-state index in [2.05, 4.69) is 52.1 Å². The first-order valence-electron chi connectivity index (χ1n) is 6.78. The maximum absolute atomic E-state index is 5.25. The lowest BCUT2D eigenvalue weighted by atomic mass is 10.1. The van der Waals surface area contributed by atoms with E-state index in [4.69, 9.17) is 10.5 Å². The van der Waals surface area contributed by atoms with E-state index in [0.717, 1.165) is 25.7 Å². The van der Waals surface area contributed by atoms with Crippen LogP contribution in [0.2, 0.25) is 0 Å². The van der Waals surface area contributed by atoms with Gasteiger partial charge in [-0.2, -0.15) is 0 Å². The van der Waals surface area contributed by atoms with Gasteiger partial charge in [0.05, 0.1) is 0 Å². The third-order valence-corrected chi connectivity index (χ3v) is 2.90. The Kier molecular flexibility index (Phi) is 10.2. The van der Waals surface area contributed by atoms with Gasteiger partial charge >= 0.3 is 0 Å². The van der Waals surface area contributed by atoms with Gasteiger partial charge in [0.15, 0.2) is 0 Å². The van der Waals surface area contributed by atoms with Crippen molar-refractivity contribution in [2.45, 2.75) is 53.4 Å². The van der Waals surface area contributed by atoms with Crippen LogP contribution in [0.4, 0.5) is 0 Å². The van der Waals surface area contributed by atoms with E-state index in [9.17, 15) is 0 Å². The predicted molar refractivity (Wildman–Crippen MR) is 88.2 cm³/mol. The zero-order valence-electron chi connectivity index (χ0n) is 12.7. The number of hydrogen-bond donors (Lipinski definition) is 1. The number of ether oxygens (including phenoxy) is 1. The second-order valence-corrected chi connectivity index (χ2v) is 5.49. The lowest BCUT2D eigenvalue weighted by Gasteiger charge is -2.02. The summed E-state index contributed by atoms with van der Waals surface area (Å²) in [5.74, 6) is 0. The second kappa shape index (κ2) is 10.8. The van der Waals surface area contributed by atoms with E-state index in [1.807, 2.05) is 6.08 Å². The van der Waals surface area contributed by atoms with Crippen LogP contribution in [0.25, 0.3) is 0 Å². The Morgan fingerprint density at radius 1 is 0.947 bits per heavy atom. The lowest BCUT2D eigenvalue weighted by molar-refractivity contribution is 0.353. The molecule has 0 heterocycles. The maximum atomic E-state index is 5.25. The number of allylic oxidation sites excluding steroid dienone is 5. The number of rotatable bonds is 8. The Balaban J connectivity index is 3.86. The summed E-state index contributed by atoms with van der Waals surface area (Å²) in [4.78, 5) is 0. The molecule has 0 aromatic rings. The van der Waals surface area contributed by atoms with Crippen molar-refractivity contribution in [2.24, 2.45) is 5.73 Å². The molecule has 0 fully saturated rings. The molecule has 0 aromatic heterocycles. The van der Waals surface area contributed by atoms with Crippen molar-refractivity contribution in [2.75, 3.05) is 6.61 Å². The van der Waals surface area contributed by atoms with Gasteiger partial charge in [0.25, 0.3) is 5.17 Å². The predicted octanol–water partition coefficient (Wildman–Crippen LogP) is 4.67. The summed E-state index contributed by atoms with van der Waals surface area (Å²) in [7, 11) is 0. The van der Waals surface area contributed by atoms with Crippen molar-refractivity contribution < 1.29 is 4.74 Å². The van der Waals surface area contributed by atoms with Crippen LogP contribution < -0.4 is 5.73 Å². The van der Waals surface area contributed by atoms with Crippen LogP contribution in [-0.4, -0.2) is 11.8 Å². The van der Waals surface area contributed by atoms with Crippen molar-refractivity contribution in [3.63, 3.8) is 0 Å². The molecule has 2 nitrogen and oxygen atoms in total. The molecule has 0 bridgehead atoms. The highest BCUT2D eigenvalue weighted by Crippen LogP contribution is 2.11. The molecule has 0 aliphatic heterocycles. The van der Waals surface area contributed by atoms with Crippen molar-refractivity contribution in [1.29, 1.82) is 0 Å². The minimum absolute atomic E-state index is 0.110. The second-order valence-electron chi connectivity index (χ2n) is 5.09. The van der Waals surface area contributed by atoms with E-state index in [0.29, 0.717) is 6.61 Å². The highest BCUT2D eigenvalue weighted by atomic mass is 32.1. The van der Waals surface area contributed by atoms with E-state index in [1.54, 1.807) is 0 Å². The third kappa shape index (κ3) is 13.1. The van der Waals surface area contributed by atoms with Crippen molar-refractivity contribution in [1.82, 2.24) is 0 Å². The van der Waals surface area contributed by atoms with Gasteiger partial charge in [0.2, 0.25) is 0 Å². The van der Waals surface area contributed by atoms with Crippen molar-refractivity contribution in [3.8, 4) is 0 Å². The maximum Gasteiger partial charge on any atom is 0.254 e. The Labute approximate surface area is 123 Å². The monoisotopic (exact) mass is 281 g/mol. The van der Waals surface area contributed by atoms with Gasteiger partial charge in [0.1, 0.15) is 6.61 Å². The number of hydrogen-bond acceptors (Lipinski definition) is 2. The molecule has 3 heteroatoms. The quantitative estimate of drug-likeness (QED) is 0.519. The molecule has 0 radical (unpaired) electrons. The van der Waals surface area contributed by atoms with E-state index in [-0.39, 0.29) is 5.17 Å². The fourth-order valence-electron chi connectivity index (χ4n) is 1.60. The van der Waals surface area contributed by atoms with Gasteiger partial charge in [-0.1, -0.05) is 28.9 Å². The molecule has 19 heavy (non-hydrogen) atoms. The molecule has 0 atom stereocenters. The third-order valence-electron chi connectivity index (χ3n) is 2.78. The summed E-state index contributed by atoms with van der Waals surface area (Å²) >= 11 is 4.64. The first kappa shape index (κ1) is 17.9. The number of nitrogens with two attached hydrogens (primary N) is 1. The van der Waals surface area contributed by atoms with Crippen molar-refractivity contribution >= 4 is 17.4 Å². The van der Waals surface area contributed by atoms with Gasteiger partial charge in [-0.25, -0.2) is 0 Å². The van der Waals surface area contributed by atoms with Gasteiger partial charge in [-0.05, 0) is 71.7 Å². The molecule has 0 aliphatic carbocycles. The topological polar surface area (TPSA) is 35.2 Å². The standard InChI is InChI=1S/C16H27NOS/c1-13(2)7-5-8-14(3)9-6-10-15(4)11-12-18-16(17)19/h7,9,11H,5-6,8,10,12H2,1-4H3,(H2,17,19). The Morgan fingerprint density at radius 3 is 2.00 bits per heavy atom. The van der Waals surface area contributed by atoms with Gasteiger partial charge < -0.3 is 10.5 Å².